The van der Waals surface area contributed by atoms with Crippen molar-refractivity contribution < 1.29 is 14.3 Å². The van der Waals surface area contributed by atoms with Crippen LogP contribution in [0, 0.1) is 6.92 Å². The molecule has 4 aliphatic heterocycles. The normalized spacial score (nSPS) is 30.1. The topological polar surface area (TPSA) is 54.4 Å². The smallest absolute Gasteiger partial charge is 0.176 e. The van der Waals surface area contributed by atoms with Crippen LogP contribution in [0.4, 0.5) is 5.69 Å². The van der Waals surface area contributed by atoms with Crippen LogP contribution in [0.15, 0.2) is 53.6 Å². The molecule has 0 aromatic heterocycles. The van der Waals surface area contributed by atoms with Gasteiger partial charge in [0.25, 0.3) is 0 Å². The minimum absolute atomic E-state index is 0.0380. The van der Waals surface area contributed by atoms with E-state index in [1.54, 1.807) is 6.92 Å². The van der Waals surface area contributed by atoms with Gasteiger partial charge in [0.05, 0.1) is 18.1 Å². The fraction of sp³-hybridized carbons (Fsp3) is 0.481. The molecule has 2 fully saturated rings. The average Bonchev–Trinajstić information content (AvgIpc) is 3.53. The molecular formula is C27H31N3O3. The summed E-state index contributed by atoms with van der Waals surface area (Å²) >= 11 is 0. The lowest BCUT2D eigenvalue weighted by atomic mass is 9.67. The van der Waals surface area contributed by atoms with Crippen molar-refractivity contribution in [2.24, 2.45) is 5.10 Å². The second-order valence-corrected chi connectivity index (χ2v) is 9.93. The standard InChI is InChI=1S/C27H31N3O3/c1-18-9-10-24-23(13-18)30-25(17-33-24)27(26(28-30)19(2)31,20-7-4-3-5-8-20)11-6-12-29-15-22-14-21(29)16-32-22/h3-5,7-10,13,21-22,25H,6,11-12,14-17H2,1-2H3/t21-,22?,25?,27-/m1/s1. The van der Waals surface area contributed by atoms with Gasteiger partial charge in [-0.2, -0.15) is 5.10 Å². The van der Waals surface area contributed by atoms with Crippen LogP contribution in [0.5, 0.6) is 5.75 Å². The number of morpholine rings is 1. The predicted octanol–water partition coefficient (Wildman–Crippen LogP) is 3.71. The lowest BCUT2D eigenvalue weighted by Crippen LogP contribution is -2.54. The lowest BCUT2D eigenvalue weighted by molar-refractivity contribution is -0.111. The number of fused-ring (bicyclic) bond motifs is 5. The minimum Gasteiger partial charge on any atom is -0.489 e. The fourth-order valence-corrected chi connectivity index (χ4v) is 6.36. The molecule has 6 heteroatoms. The van der Waals surface area contributed by atoms with Crippen molar-refractivity contribution in [1.29, 1.82) is 0 Å². The number of hydrogen-bond donors (Lipinski definition) is 0. The Hall–Kier alpha value is -2.70. The second kappa shape index (κ2) is 7.96. The summed E-state index contributed by atoms with van der Waals surface area (Å²) in [6.45, 7) is 7.15. The van der Waals surface area contributed by atoms with Crippen molar-refractivity contribution in [3.05, 3.63) is 59.7 Å². The molecule has 0 amide bonds. The van der Waals surface area contributed by atoms with E-state index < -0.39 is 5.41 Å². The van der Waals surface area contributed by atoms with E-state index in [1.165, 1.54) is 0 Å². The molecule has 0 aliphatic carbocycles. The zero-order valence-corrected chi connectivity index (χ0v) is 19.4. The third kappa shape index (κ3) is 3.30. The van der Waals surface area contributed by atoms with E-state index in [0.29, 0.717) is 24.5 Å². The highest BCUT2D eigenvalue weighted by Gasteiger charge is 2.56. The van der Waals surface area contributed by atoms with E-state index in [1.807, 2.05) is 12.1 Å². The zero-order valence-electron chi connectivity index (χ0n) is 19.4. The first kappa shape index (κ1) is 20.9. The highest BCUT2D eigenvalue weighted by molar-refractivity contribution is 6.43. The summed E-state index contributed by atoms with van der Waals surface area (Å²) in [5.41, 5.74) is 3.42. The number of ketones is 1. The summed E-state index contributed by atoms with van der Waals surface area (Å²) in [7, 11) is 0. The van der Waals surface area contributed by atoms with Gasteiger partial charge in [-0.05, 0) is 56.0 Å². The van der Waals surface area contributed by atoms with Crippen LogP contribution in [-0.4, -0.2) is 60.9 Å². The Kier molecular flexibility index (Phi) is 5.03. The molecule has 2 aromatic carbocycles. The van der Waals surface area contributed by atoms with Crippen molar-refractivity contribution in [1.82, 2.24) is 4.90 Å². The molecule has 0 spiro atoms. The highest BCUT2D eigenvalue weighted by atomic mass is 16.5. The molecule has 6 nitrogen and oxygen atoms in total. The van der Waals surface area contributed by atoms with E-state index in [2.05, 4.69) is 53.2 Å². The number of carbonyl (C=O) groups excluding carboxylic acids is 1. The summed E-state index contributed by atoms with van der Waals surface area (Å²) in [5.74, 6) is 0.872. The van der Waals surface area contributed by atoms with Gasteiger partial charge < -0.3 is 9.47 Å². The van der Waals surface area contributed by atoms with Crippen molar-refractivity contribution in [2.75, 3.05) is 31.3 Å². The maximum atomic E-state index is 13.1. The van der Waals surface area contributed by atoms with Crippen LogP contribution in [-0.2, 0) is 14.9 Å². The molecular weight excluding hydrogens is 414 g/mol. The number of rotatable bonds is 6. The quantitative estimate of drug-likeness (QED) is 0.679. The maximum absolute atomic E-state index is 13.1. The van der Waals surface area contributed by atoms with E-state index in [4.69, 9.17) is 14.6 Å². The van der Waals surface area contributed by atoms with Gasteiger partial charge in [-0.15, -0.1) is 0 Å². The summed E-state index contributed by atoms with van der Waals surface area (Å²) in [5, 5.41) is 7.07. The first-order valence-electron chi connectivity index (χ1n) is 12.1. The van der Waals surface area contributed by atoms with Crippen LogP contribution >= 0.6 is 0 Å². The third-order valence-corrected chi connectivity index (χ3v) is 7.90. The molecule has 172 valence electrons. The summed E-state index contributed by atoms with van der Waals surface area (Å²) < 4.78 is 12.0. The number of nitrogens with zero attached hydrogens (tertiary/aromatic N) is 3. The largest absolute Gasteiger partial charge is 0.489 e. The van der Waals surface area contributed by atoms with E-state index in [-0.39, 0.29) is 11.8 Å². The first-order valence-corrected chi connectivity index (χ1v) is 12.1. The summed E-state index contributed by atoms with van der Waals surface area (Å²) in [6.07, 6.45) is 3.41. The molecule has 0 N–H and O–H groups in total. The number of ether oxygens (including phenoxy) is 2. The number of likely N-dealkylation sites (tertiary alicyclic amines) is 1. The maximum Gasteiger partial charge on any atom is 0.176 e. The van der Waals surface area contributed by atoms with Gasteiger partial charge >= 0.3 is 0 Å². The molecule has 2 unspecified atom stereocenters. The van der Waals surface area contributed by atoms with Crippen LogP contribution in [0.3, 0.4) is 0 Å². The summed E-state index contributed by atoms with van der Waals surface area (Å²) in [6, 6.07) is 17.2. The predicted molar refractivity (Wildman–Crippen MR) is 128 cm³/mol. The van der Waals surface area contributed by atoms with E-state index >= 15 is 0 Å². The van der Waals surface area contributed by atoms with Crippen molar-refractivity contribution in [2.45, 2.75) is 56.7 Å². The lowest BCUT2D eigenvalue weighted by Gasteiger charge is -2.42. The number of hydrazone groups is 1. The number of benzene rings is 2. The molecule has 0 radical (unpaired) electrons. The van der Waals surface area contributed by atoms with E-state index in [9.17, 15) is 4.79 Å². The van der Waals surface area contributed by atoms with Crippen molar-refractivity contribution in [3.63, 3.8) is 0 Å². The van der Waals surface area contributed by atoms with Crippen molar-refractivity contribution in [3.8, 4) is 5.75 Å². The number of hydrogen-bond acceptors (Lipinski definition) is 6. The summed E-state index contributed by atoms with van der Waals surface area (Å²) in [4.78, 5) is 15.6. The Morgan fingerprint density at radius 1 is 1.18 bits per heavy atom. The van der Waals surface area contributed by atoms with Crippen LogP contribution in [0.2, 0.25) is 0 Å². The zero-order chi connectivity index (χ0) is 22.6. The van der Waals surface area contributed by atoms with Gasteiger partial charge in [-0.1, -0.05) is 36.4 Å². The molecule has 2 saturated heterocycles. The van der Waals surface area contributed by atoms with Gasteiger partial charge in [-0.3, -0.25) is 14.7 Å². The molecule has 0 saturated carbocycles. The fourth-order valence-electron chi connectivity index (χ4n) is 6.36. The highest BCUT2D eigenvalue weighted by Crippen LogP contribution is 2.48. The van der Waals surface area contributed by atoms with Gasteiger partial charge in [0, 0.05) is 19.5 Å². The molecule has 4 heterocycles. The first-order chi connectivity index (χ1) is 16.1. The van der Waals surface area contributed by atoms with Crippen LogP contribution in [0.1, 0.15) is 37.3 Å². The number of carbonyl (C=O) groups is 1. The van der Waals surface area contributed by atoms with Crippen molar-refractivity contribution >= 4 is 17.2 Å². The van der Waals surface area contributed by atoms with Gasteiger partial charge in [0.1, 0.15) is 29.8 Å². The van der Waals surface area contributed by atoms with Gasteiger partial charge in [0.2, 0.25) is 0 Å². The Morgan fingerprint density at radius 2 is 2.03 bits per heavy atom. The Balaban J connectivity index is 1.37. The Morgan fingerprint density at radius 3 is 2.76 bits per heavy atom. The molecule has 2 aromatic rings. The number of anilines is 1. The van der Waals surface area contributed by atoms with Gasteiger partial charge in [0.15, 0.2) is 5.78 Å². The SMILES string of the molecule is CC(=O)C1=NN2c3cc(C)ccc3OCC2[C@@]1(CCCN1CC2C[C@@H]1CO2)c1ccccc1. The second-order valence-electron chi connectivity index (χ2n) is 9.93. The van der Waals surface area contributed by atoms with Gasteiger partial charge in [-0.25, -0.2) is 0 Å². The monoisotopic (exact) mass is 445 g/mol. The van der Waals surface area contributed by atoms with Crippen LogP contribution < -0.4 is 9.75 Å². The molecule has 4 atom stereocenters. The molecule has 6 rings (SSSR count). The molecule has 33 heavy (non-hydrogen) atoms. The average molecular weight is 446 g/mol. The Labute approximate surface area is 195 Å². The number of aryl methyl sites for hydroxylation is 1. The Bertz CT molecular complexity index is 1100. The van der Waals surface area contributed by atoms with Crippen LogP contribution in [0.25, 0.3) is 0 Å². The third-order valence-electron chi connectivity index (χ3n) is 7.90. The molecule has 2 bridgehead atoms. The molecule has 4 aliphatic rings. The van der Waals surface area contributed by atoms with E-state index in [0.717, 1.165) is 61.5 Å². The minimum atomic E-state index is -0.496. The number of Topliss-reactive ketones (excluding diaryl/α,β-unsaturated/α-hetero) is 1.